The summed E-state index contributed by atoms with van der Waals surface area (Å²) < 4.78 is 0. The standard InChI is InChI=1S/C12H21N3O3/c1-2-4-10(13)12(18)15-6-3-5-14(7-8-15)9-11(16)17/h2,10H,1,3-9,13H2,(H,16,17). The van der Waals surface area contributed by atoms with Crippen molar-refractivity contribution in [1.29, 1.82) is 0 Å². The van der Waals surface area contributed by atoms with E-state index in [9.17, 15) is 9.59 Å². The van der Waals surface area contributed by atoms with Gasteiger partial charge in [-0.25, -0.2) is 0 Å². The van der Waals surface area contributed by atoms with Gasteiger partial charge >= 0.3 is 5.97 Å². The van der Waals surface area contributed by atoms with Crippen molar-refractivity contribution < 1.29 is 14.7 Å². The number of hydrogen-bond donors (Lipinski definition) is 2. The monoisotopic (exact) mass is 255 g/mol. The zero-order valence-corrected chi connectivity index (χ0v) is 10.5. The molecule has 1 heterocycles. The molecule has 1 unspecified atom stereocenters. The van der Waals surface area contributed by atoms with Crippen LogP contribution in [-0.2, 0) is 9.59 Å². The van der Waals surface area contributed by atoms with Crippen molar-refractivity contribution >= 4 is 11.9 Å². The fraction of sp³-hybridized carbons (Fsp3) is 0.667. The van der Waals surface area contributed by atoms with Crippen LogP contribution in [-0.4, -0.2) is 65.5 Å². The second-order valence-electron chi connectivity index (χ2n) is 4.48. The summed E-state index contributed by atoms with van der Waals surface area (Å²) in [6, 6.07) is -0.534. The molecule has 0 aliphatic carbocycles. The Labute approximate surface area is 107 Å². The van der Waals surface area contributed by atoms with E-state index >= 15 is 0 Å². The minimum Gasteiger partial charge on any atom is -0.480 e. The molecular formula is C12H21N3O3. The highest BCUT2D eigenvalue weighted by Crippen LogP contribution is 2.06. The lowest BCUT2D eigenvalue weighted by molar-refractivity contribution is -0.138. The Balaban J connectivity index is 2.48. The molecule has 1 aliphatic rings. The van der Waals surface area contributed by atoms with Gasteiger partial charge in [-0.2, -0.15) is 0 Å². The van der Waals surface area contributed by atoms with Crippen LogP contribution < -0.4 is 5.73 Å². The maximum Gasteiger partial charge on any atom is 0.317 e. The summed E-state index contributed by atoms with van der Waals surface area (Å²) >= 11 is 0. The third-order valence-corrected chi connectivity index (χ3v) is 3.00. The van der Waals surface area contributed by atoms with E-state index in [0.717, 1.165) is 6.42 Å². The summed E-state index contributed by atoms with van der Waals surface area (Å²) in [5.74, 6) is -0.912. The van der Waals surface area contributed by atoms with Gasteiger partial charge in [-0.05, 0) is 12.8 Å². The van der Waals surface area contributed by atoms with Crippen molar-refractivity contribution in [2.24, 2.45) is 5.73 Å². The fourth-order valence-corrected chi connectivity index (χ4v) is 2.06. The van der Waals surface area contributed by atoms with Gasteiger partial charge in [0, 0.05) is 26.2 Å². The Kier molecular flexibility index (Phi) is 5.80. The van der Waals surface area contributed by atoms with Gasteiger partial charge in [0.15, 0.2) is 0 Å². The Hall–Kier alpha value is -1.40. The molecule has 1 rings (SSSR count). The maximum absolute atomic E-state index is 12.0. The predicted octanol–water partition coefficient (Wildman–Crippen LogP) is -0.491. The van der Waals surface area contributed by atoms with Crippen LogP contribution in [0.4, 0.5) is 0 Å². The summed E-state index contributed by atoms with van der Waals surface area (Å²) in [7, 11) is 0. The molecule has 0 radical (unpaired) electrons. The van der Waals surface area contributed by atoms with Crippen LogP contribution in [0.3, 0.4) is 0 Å². The molecule has 0 aromatic rings. The molecule has 3 N–H and O–H groups in total. The lowest BCUT2D eigenvalue weighted by atomic mass is 10.2. The molecule has 1 amide bonds. The van der Waals surface area contributed by atoms with Gasteiger partial charge in [-0.1, -0.05) is 6.08 Å². The fourth-order valence-electron chi connectivity index (χ4n) is 2.06. The Bertz CT molecular complexity index is 320. The molecule has 102 valence electrons. The number of amides is 1. The van der Waals surface area contributed by atoms with Crippen LogP contribution in [0.15, 0.2) is 12.7 Å². The highest BCUT2D eigenvalue weighted by Gasteiger charge is 2.23. The summed E-state index contributed by atoms with van der Waals surface area (Å²) in [4.78, 5) is 26.2. The van der Waals surface area contributed by atoms with Crippen LogP contribution in [0, 0.1) is 0 Å². The van der Waals surface area contributed by atoms with Crippen LogP contribution in [0.1, 0.15) is 12.8 Å². The van der Waals surface area contributed by atoms with Crippen molar-refractivity contribution in [2.45, 2.75) is 18.9 Å². The average Bonchev–Trinajstić information content (AvgIpc) is 2.53. The summed E-state index contributed by atoms with van der Waals surface area (Å²) in [5.41, 5.74) is 5.75. The highest BCUT2D eigenvalue weighted by atomic mass is 16.4. The number of rotatable bonds is 5. The second kappa shape index (κ2) is 7.13. The smallest absolute Gasteiger partial charge is 0.317 e. The summed E-state index contributed by atoms with van der Waals surface area (Å²) in [6.45, 7) is 6.06. The first-order chi connectivity index (χ1) is 8.54. The SMILES string of the molecule is C=CCC(N)C(=O)N1CCCN(CC(=O)O)CC1. The van der Waals surface area contributed by atoms with E-state index in [2.05, 4.69) is 6.58 Å². The number of carbonyl (C=O) groups excluding carboxylic acids is 1. The first-order valence-electron chi connectivity index (χ1n) is 6.14. The molecule has 6 nitrogen and oxygen atoms in total. The molecule has 1 aliphatic heterocycles. The molecule has 1 atom stereocenters. The Morgan fingerprint density at radius 2 is 2.06 bits per heavy atom. The van der Waals surface area contributed by atoms with Gasteiger partial charge in [-0.15, -0.1) is 6.58 Å². The molecule has 0 bridgehead atoms. The zero-order valence-electron chi connectivity index (χ0n) is 10.5. The van der Waals surface area contributed by atoms with Gasteiger partial charge < -0.3 is 15.7 Å². The number of carboxylic acids is 1. The van der Waals surface area contributed by atoms with Crippen LogP contribution in [0.25, 0.3) is 0 Å². The molecule has 1 saturated heterocycles. The third kappa shape index (κ3) is 4.46. The van der Waals surface area contributed by atoms with E-state index in [-0.39, 0.29) is 12.5 Å². The number of carboxylic acid groups (broad SMARTS) is 1. The molecule has 1 fully saturated rings. The second-order valence-corrected chi connectivity index (χ2v) is 4.48. The number of carbonyl (C=O) groups is 2. The first kappa shape index (κ1) is 14.7. The van der Waals surface area contributed by atoms with E-state index in [1.165, 1.54) is 0 Å². The molecule has 0 aromatic carbocycles. The van der Waals surface area contributed by atoms with Crippen LogP contribution in [0.5, 0.6) is 0 Å². The number of nitrogens with zero attached hydrogens (tertiary/aromatic N) is 2. The van der Waals surface area contributed by atoms with Crippen molar-refractivity contribution in [3.8, 4) is 0 Å². The first-order valence-corrected chi connectivity index (χ1v) is 6.14. The highest BCUT2D eigenvalue weighted by molar-refractivity contribution is 5.81. The van der Waals surface area contributed by atoms with Crippen molar-refractivity contribution in [2.75, 3.05) is 32.7 Å². The normalized spacial score (nSPS) is 19.1. The van der Waals surface area contributed by atoms with Crippen LogP contribution >= 0.6 is 0 Å². The van der Waals surface area contributed by atoms with Gasteiger partial charge in [0.1, 0.15) is 0 Å². The van der Waals surface area contributed by atoms with Crippen molar-refractivity contribution in [1.82, 2.24) is 9.80 Å². The number of nitrogens with two attached hydrogens (primary N) is 1. The molecule has 6 heteroatoms. The van der Waals surface area contributed by atoms with Crippen molar-refractivity contribution in [3.05, 3.63) is 12.7 Å². The lowest BCUT2D eigenvalue weighted by Crippen LogP contribution is -2.45. The molecule has 0 aromatic heterocycles. The van der Waals surface area contributed by atoms with Crippen molar-refractivity contribution in [3.63, 3.8) is 0 Å². The third-order valence-electron chi connectivity index (χ3n) is 3.00. The van der Waals surface area contributed by atoms with Gasteiger partial charge in [0.05, 0.1) is 12.6 Å². The van der Waals surface area contributed by atoms with Gasteiger partial charge in [-0.3, -0.25) is 14.5 Å². The minimum absolute atomic E-state index is 0.0285. The van der Waals surface area contributed by atoms with E-state index < -0.39 is 12.0 Å². The topological polar surface area (TPSA) is 86.9 Å². The minimum atomic E-state index is -0.835. The van der Waals surface area contributed by atoms with E-state index in [0.29, 0.717) is 32.6 Å². The van der Waals surface area contributed by atoms with Gasteiger partial charge in [0.2, 0.25) is 5.91 Å². The Morgan fingerprint density at radius 3 is 2.67 bits per heavy atom. The summed E-state index contributed by atoms with van der Waals surface area (Å²) in [6.07, 6.45) is 2.88. The molecular weight excluding hydrogens is 234 g/mol. The number of aliphatic carboxylic acids is 1. The summed E-state index contributed by atoms with van der Waals surface area (Å²) in [5, 5.41) is 8.74. The molecule has 18 heavy (non-hydrogen) atoms. The van der Waals surface area contributed by atoms with Gasteiger partial charge in [0.25, 0.3) is 0 Å². The lowest BCUT2D eigenvalue weighted by Gasteiger charge is -2.23. The van der Waals surface area contributed by atoms with E-state index in [1.807, 2.05) is 4.90 Å². The zero-order chi connectivity index (χ0) is 13.5. The van der Waals surface area contributed by atoms with E-state index in [1.54, 1.807) is 11.0 Å². The molecule has 0 saturated carbocycles. The van der Waals surface area contributed by atoms with E-state index in [4.69, 9.17) is 10.8 Å². The number of hydrogen-bond acceptors (Lipinski definition) is 4. The average molecular weight is 255 g/mol. The molecule has 0 spiro atoms. The largest absolute Gasteiger partial charge is 0.480 e. The Morgan fingerprint density at radius 1 is 1.33 bits per heavy atom. The van der Waals surface area contributed by atoms with Crippen LogP contribution in [0.2, 0.25) is 0 Å². The predicted molar refractivity (Wildman–Crippen MR) is 68.1 cm³/mol. The quantitative estimate of drug-likeness (QED) is 0.647. The maximum atomic E-state index is 12.0.